The summed E-state index contributed by atoms with van der Waals surface area (Å²) in [6, 6.07) is 10.8. The molecule has 106 valence electrons. The molecule has 1 aromatic carbocycles. The predicted octanol–water partition coefficient (Wildman–Crippen LogP) is 3.29. The number of rotatable bonds is 2. The van der Waals surface area contributed by atoms with Crippen LogP contribution in [-0.2, 0) is 6.54 Å². The van der Waals surface area contributed by atoms with E-state index in [2.05, 4.69) is 47.2 Å². The lowest BCUT2D eigenvalue weighted by Gasteiger charge is -2.28. The fourth-order valence-electron chi connectivity index (χ4n) is 2.97. The van der Waals surface area contributed by atoms with Gasteiger partial charge in [-0.05, 0) is 24.6 Å². The molecule has 0 aromatic heterocycles. The van der Waals surface area contributed by atoms with Crippen LogP contribution in [-0.4, -0.2) is 43.0 Å². The van der Waals surface area contributed by atoms with Crippen LogP contribution in [0.25, 0.3) is 0 Å². The smallest absolute Gasteiger partial charge is 0.0237 e. The van der Waals surface area contributed by atoms with E-state index in [9.17, 15) is 0 Å². The molecule has 0 amide bonds. The lowest BCUT2D eigenvalue weighted by atomic mass is 10.0. The second kappa shape index (κ2) is 7.58. The molecule has 0 saturated carbocycles. The van der Waals surface area contributed by atoms with E-state index in [-0.39, 0.29) is 34.0 Å². The zero-order chi connectivity index (χ0) is 11.7. The fourth-order valence-corrected chi connectivity index (χ4v) is 2.97. The van der Waals surface area contributed by atoms with Crippen molar-refractivity contribution in [2.45, 2.75) is 13.0 Å². The lowest BCUT2D eigenvalue weighted by Crippen LogP contribution is -2.31. The van der Waals surface area contributed by atoms with E-state index in [1.54, 1.807) is 11.1 Å². The molecule has 2 aliphatic heterocycles. The van der Waals surface area contributed by atoms with Crippen molar-refractivity contribution in [2.75, 3.05) is 33.2 Å². The first kappa shape index (κ1) is 16.9. The maximum Gasteiger partial charge on any atom is 0.0237 e. The zero-order valence-corrected chi connectivity index (χ0v) is 14.8. The molecule has 0 saturated heterocycles. The summed E-state index contributed by atoms with van der Waals surface area (Å²) in [7, 11) is 2.22. The van der Waals surface area contributed by atoms with Crippen LogP contribution in [0.5, 0.6) is 0 Å². The molecule has 2 aliphatic rings. The maximum absolute atomic E-state index is 2.58. The average Bonchev–Trinajstić information content (AvgIpc) is 2.70. The number of benzene rings is 1. The first-order chi connectivity index (χ1) is 8.31. The van der Waals surface area contributed by atoms with E-state index in [4.69, 9.17) is 0 Å². The summed E-state index contributed by atoms with van der Waals surface area (Å²) >= 11 is 0. The minimum atomic E-state index is 0. The molecular weight excluding hydrogens is 368 g/mol. The lowest BCUT2D eigenvalue weighted by molar-refractivity contribution is 0.278. The molecule has 0 fully saturated rings. The van der Waals surface area contributed by atoms with Crippen molar-refractivity contribution in [3.63, 3.8) is 0 Å². The van der Waals surface area contributed by atoms with Gasteiger partial charge in [-0.25, -0.2) is 0 Å². The highest BCUT2D eigenvalue weighted by Crippen LogP contribution is 2.25. The summed E-state index contributed by atoms with van der Waals surface area (Å²) in [5.41, 5.74) is 4.81. The molecule has 3 rings (SSSR count). The molecule has 0 radical (unpaired) electrons. The monoisotopic (exact) mass is 388 g/mol. The fraction of sp³-hybridized carbons (Fsp3) is 0.467. The third kappa shape index (κ3) is 4.15. The Morgan fingerprint density at radius 1 is 0.947 bits per heavy atom. The first-order valence-electron chi connectivity index (χ1n) is 6.46. The molecule has 0 aliphatic carbocycles. The van der Waals surface area contributed by atoms with E-state index < -0.39 is 0 Å². The average molecular weight is 390 g/mol. The summed E-state index contributed by atoms with van der Waals surface area (Å²) in [5, 5.41) is 0. The van der Waals surface area contributed by atoms with Gasteiger partial charge in [-0.2, -0.15) is 0 Å². The molecule has 0 spiro atoms. The molecule has 4 heteroatoms. The van der Waals surface area contributed by atoms with E-state index in [0.29, 0.717) is 0 Å². The molecular formula is C15H22Br2N2. The van der Waals surface area contributed by atoms with Gasteiger partial charge in [0.2, 0.25) is 0 Å². The van der Waals surface area contributed by atoms with Crippen LogP contribution in [0.2, 0.25) is 0 Å². The highest BCUT2D eigenvalue weighted by molar-refractivity contribution is 8.93. The van der Waals surface area contributed by atoms with Gasteiger partial charge in [0.15, 0.2) is 0 Å². The highest BCUT2D eigenvalue weighted by Gasteiger charge is 2.24. The van der Waals surface area contributed by atoms with Crippen molar-refractivity contribution >= 4 is 34.0 Å². The molecule has 2 nitrogen and oxygen atoms in total. The minimum absolute atomic E-state index is 0. The van der Waals surface area contributed by atoms with E-state index >= 15 is 0 Å². The number of hydrogen-bond acceptors (Lipinski definition) is 2. The third-order valence-electron chi connectivity index (χ3n) is 3.81. The Morgan fingerprint density at radius 2 is 1.63 bits per heavy atom. The number of hydrogen-bond donors (Lipinski definition) is 0. The first-order valence-corrected chi connectivity index (χ1v) is 6.46. The number of likely N-dealkylation sites (N-methyl/N-ethyl adjacent to an activating group) is 1. The maximum atomic E-state index is 2.58. The van der Waals surface area contributed by atoms with Gasteiger partial charge in [-0.1, -0.05) is 35.9 Å². The van der Waals surface area contributed by atoms with Crippen LogP contribution in [0.3, 0.4) is 0 Å². The van der Waals surface area contributed by atoms with Gasteiger partial charge < -0.3 is 0 Å². The molecule has 2 heterocycles. The van der Waals surface area contributed by atoms with Crippen LogP contribution in [0.4, 0.5) is 0 Å². The second-order valence-electron chi connectivity index (χ2n) is 5.33. The van der Waals surface area contributed by atoms with Crippen molar-refractivity contribution in [3.05, 3.63) is 47.0 Å². The topological polar surface area (TPSA) is 6.48 Å². The van der Waals surface area contributed by atoms with Crippen LogP contribution < -0.4 is 0 Å². The SMILES string of the molecule is Br.Br.CN1CC2=C(C1)CN(Cc1ccccc1)CC2. The quantitative estimate of drug-likeness (QED) is 0.716. The van der Waals surface area contributed by atoms with Gasteiger partial charge in [0.25, 0.3) is 0 Å². The standard InChI is InChI=1S/C15H20N2.2BrH/c1-16-10-14-7-8-17(12-15(14)11-16)9-13-5-3-2-4-6-13;;/h2-6H,7-12H2,1H3;2*1H. The van der Waals surface area contributed by atoms with Gasteiger partial charge in [-0.15, -0.1) is 34.0 Å². The Hall–Kier alpha value is -0.160. The van der Waals surface area contributed by atoms with Crippen molar-refractivity contribution in [1.29, 1.82) is 0 Å². The molecule has 19 heavy (non-hydrogen) atoms. The van der Waals surface area contributed by atoms with Gasteiger partial charge in [0.1, 0.15) is 0 Å². The van der Waals surface area contributed by atoms with Crippen molar-refractivity contribution in [2.24, 2.45) is 0 Å². The summed E-state index contributed by atoms with van der Waals surface area (Å²) in [6.07, 6.45) is 1.27. The second-order valence-corrected chi connectivity index (χ2v) is 5.33. The Kier molecular flexibility index (Phi) is 6.74. The van der Waals surface area contributed by atoms with Crippen molar-refractivity contribution in [1.82, 2.24) is 9.80 Å². The predicted molar refractivity (Wildman–Crippen MR) is 91.5 cm³/mol. The summed E-state index contributed by atoms with van der Waals surface area (Å²) in [5.74, 6) is 0. The van der Waals surface area contributed by atoms with Crippen LogP contribution in [0.1, 0.15) is 12.0 Å². The molecule has 0 N–H and O–H groups in total. The summed E-state index contributed by atoms with van der Waals surface area (Å²) < 4.78 is 0. The molecule has 0 bridgehead atoms. The van der Waals surface area contributed by atoms with Crippen LogP contribution in [0, 0.1) is 0 Å². The van der Waals surface area contributed by atoms with Gasteiger partial charge in [0, 0.05) is 32.7 Å². The Balaban J connectivity index is 0.000000902. The zero-order valence-electron chi connectivity index (χ0n) is 11.3. The number of halogens is 2. The van der Waals surface area contributed by atoms with Crippen LogP contribution >= 0.6 is 34.0 Å². The largest absolute Gasteiger partial charge is 0.298 e. The third-order valence-corrected chi connectivity index (χ3v) is 3.81. The Bertz CT molecular complexity index is 431. The highest BCUT2D eigenvalue weighted by atomic mass is 79.9. The van der Waals surface area contributed by atoms with E-state index in [1.165, 1.54) is 38.2 Å². The molecule has 0 atom stereocenters. The van der Waals surface area contributed by atoms with Gasteiger partial charge in [0.05, 0.1) is 0 Å². The normalized spacial score (nSPS) is 19.6. The minimum Gasteiger partial charge on any atom is -0.298 e. The molecule has 0 unspecified atom stereocenters. The number of nitrogens with zero attached hydrogens (tertiary/aromatic N) is 2. The van der Waals surface area contributed by atoms with Crippen molar-refractivity contribution < 1.29 is 0 Å². The van der Waals surface area contributed by atoms with Gasteiger partial charge in [-0.3, -0.25) is 9.80 Å². The Labute approximate surface area is 137 Å². The van der Waals surface area contributed by atoms with E-state index in [0.717, 1.165) is 6.54 Å². The van der Waals surface area contributed by atoms with Gasteiger partial charge >= 0.3 is 0 Å². The summed E-state index contributed by atoms with van der Waals surface area (Å²) in [4.78, 5) is 5.00. The summed E-state index contributed by atoms with van der Waals surface area (Å²) in [6.45, 7) is 5.88. The molecule has 1 aromatic rings. The van der Waals surface area contributed by atoms with Crippen molar-refractivity contribution in [3.8, 4) is 0 Å². The van der Waals surface area contributed by atoms with E-state index in [1.807, 2.05) is 0 Å². The van der Waals surface area contributed by atoms with Crippen LogP contribution in [0.15, 0.2) is 41.5 Å². The Morgan fingerprint density at radius 3 is 2.37 bits per heavy atom.